The van der Waals surface area contributed by atoms with Gasteiger partial charge in [0.05, 0.1) is 0 Å². The third kappa shape index (κ3) is 2.22. The van der Waals surface area contributed by atoms with Crippen LogP contribution in [0.5, 0.6) is 0 Å². The van der Waals surface area contributed by atoms with Crippen molar-refractivity contribution in [2.24, 2.45) is 0 Å². The molecule has 2 fully saturated rings. The third-order valence-electron chi connectivity index (χ3n) is 5.53. The smallest absolute Gasteiger partial charge is 0.245 e. The summed E-state index contributed by atoms with van der Waals surface area (Å²) in [7, 11) is 2.22. The summed E-state index contributed by atoms with van der Waals surface area (Å²) >= 11 is 0. The number of benzene rings is 1. The van der Waals surface area contributed by atoms with Crippen molar-refractivity contribution in [1.82, 2.24) is 9.80 Å². The van der Waals surface area contributed by atoms with Crippen LogP contribution in [0.15, 0.2) is 24.3 Å². The summed E-state index contributed by atoms with van der Waals surface area (Å²) in [5.74, 6) is 0.284. The average Bonchev–Trinajstić information content (AvgIpc) is 3.00. The van der Waals surface area contributed by atoms with E-state index in [0.29, 0.717) is 12.1 Å². The molecule has 3 atom stereocenters. The van der Waals surface area contributed by atoms with Crippen LogP contribution in [0.2, 0.25) is 0 Å². The maximum Gasteiger partial charge on any atom is 0.245 e. The van der Waals surface area contributed by atoms with E-state index < -0.39 is 0 Å². The minimum absolute atomic E-state index is 0.0654. The topological polar surface area (TPSA) is 35.6 Å². The van der Waals surface area contributed by atoms with Crippen LogP contribution in [0.4, 0.5) is 5.69 Å². The minimum Gasteiger partial charge on any atom is -0.373 e. The zero-order valence-corrected chi connectivity index (χ0v) is 12.6. The van der Waals surface area contributed by atoms with E-state index in [1.54, 1.807) is 0 Å². The van der Waals surface area contributed by atoms with Gasteiger partial charge in [0.1, 0.15) is 6.04 Å². The van der Waals surface area contributed by atoms with Crippen LogP contribution in [0.3, 0.4) is 0 Å². The lowest BCUT2D eigenvalue weighted by Gasteiger charge is -2.28. The number of anilines is 1. The number of amides is 1. The summed E-state index contributed by atoms with van der Waals surface area (Å²) in [5, 5.41) is 3.40. The first kappa shape index (κ1) is 13.1. The van der Waals surface area contributed by atoms with Crippen molar-refractivity contribution in [3.8, 4) is 0 Å². The number of hydrogen-bond donors (Lipinski definition) is 1. The Hall–Kier alpha value is -1.55. The van der Waals surface area contributed by atoms with Crippen LogP contribution in [0, 0.1) is 0 Å². The number of rotatable bonds is 1. The first-order valence-electron chi connectivity index (χ1n) is 8.07. The number of carbonyl (C=O) groups excluding carboxylic acids is 1. The van der Waals surface area contributed by atoms with Crippen molar-refractivity contribution in [2.45, 2.75) is 43.8 Å². The fraction of sp³-hybridized carbons (Fsp3) is 0.588. The quantitative estimate of drug-likeness (QED) is 0.853. The predicted molar refractivity (Wildman–Crippen MR) is 83.3 cm³/mol. The van der Waals surface area contributed by atoms with E-state index in [1.165, 1.54) is 18.4 Å². The molecular weight excluding hydrogens is 262 g/mol. The maximum absolute atomic E-state index is 12.8. The second kappa shape index (κ2) is 5.02. The monoisotopic (exact) mass is 285 g/mol. The number of nitrogens with zero attached hydrogens (tertiary/aromatic N) is 2. The normalized spacial score (nSPS) is 31.7. The summed E-state index contributed by atoms with van der Waals surface area (Å²) in [6.07, 6.45) is 4.49. The zero-order valence-electron chi connectivity index (χ0n) is 12.6. The van der Waals surface area contributed by atoms with Crippen LogP contribution in [-0.4, -0.2) is 54.0 Å². The zero-order chi connectivity index (χ0) is 14.4. The fourth-order valence-electron chi connectivity index (χ4n) is 4.18. The van der Waals surface area contributed by atoms with Gasteiger partial charge in [-0.3, -0.25) is 9.69 Å². The van der Waals surface area contributed by atoms with Crippen LogP contribution < -0.4 is 5.32 Å². The van der Waals surface area contributed by atoms with Gasteiger partial charge in [0.25, 0.3) is 0 Å². The van der Waals surface area contributed by atoms with Gasteiger partial charge in [-0.1, -0.05) is 18.2 Å². The van der Waals surface area contributed by atoms with E-state index in [-0.39, 0.29) is 11.9 Å². The Morgan fingerprint density at radius 2 is 2.00 bits per heavy atom. The van der Waals surface area contributed by atoms with E-state index in [9.17, 15) is 4.79 Å². The van der Waals surface area contributed by atoms with Crippen molar-refractivity contribution in [2.75, 3.05) is 25.5 Å². The Morgan fingerprint density at radius 3 is 2.86 bits per heavy atom. The van der Waals surface area contributed by atoms with Crippen LogP contribution in [-0.2, 0) is 11.2 Å². The second-order valence-corrected chi connectivity index (χ2v) is 6.68. The van der Waals surface area contributed by atoms with Crippen molar-refractivity contribution in [3.63, 3.8) is 0 Å². The molecule has 0 aromatic heterocycles. The van der Waals surface area contributed by atoms with Crippen molar-refractivity contribution in [3.05, 3.63) is 29.8 Å². The number of nitrogens with one attached hydrogen (secondary N) is 1. The molecule has 0 aliphatic carbocycles. The van der Waals surface area contributed by atoms with Gasteiger partial charge in [-0.05, 0) is 37.9 Å². The van der Waals surface area contributed by atoms with Crippen LogP contribution in [0.25, 0.3) is 0 Å². The Labute approximate surface area is 126 Å². The van der Waals surface area contributed by atoms with Gasteiger partial charge in [-0.15, -0.1) is 0 Å². The van der Waals surface area contributed by atoms with Gasteiger partial charge in [0, 0.05) is 37.3 Å². The summed E-state index contributed by atoms with van der Waals surface area (Å²) in [4.78, 5) is 17.4. The number of hydrogen-bond acceptors (Lipinski definition) is 3. The van der Waals surface area contributed by atoms with Crippen molar-refractivity contribution >= 4 is 11.6 Å². The summed E-state index contributed by atoms with van der Waals surface area (Å²) in [6, 6.07) is 9.44. The van der Waals surface area contributed by atoms with E-state index >= 15 is 0 Å². The molecule has 0 spiro atoms. The predicted octanol–water partition coefficient (Wildman–Crippen LogP) is 1.72. The molecule has 1 amide bonds. The lowest BCUT2D eigenvalue weighted by molar-refractivity contribution is -0.132. The molecule has 4 nitrogen and oxygen atoms in total. The average molecular weight is 285 g/mol. The molecule has 4 heteroatoms. The Bertz CT molecular complexity index is 534. The first-order chi connectivity index (χ1) is 10.2. The minimum atomic E-state index is -0.0654. The molecule has 112 valence electrons. The summed E-state index contributed by atoms with van der Waals surface area (Å²) < 4.78 is 0. The molecule has 0 radical (unpaired) electrons. The molecule has 3 unspecified atom stereocenters. The number of para-hydroxylation sites is 1. The SMILES string of the molecule is CN1C2CCC1CN(C(=O)C1Cc3ccccc3N1)CC2. The lowest BCUT2D eigenvalue weighted by atomic mass is 10.1. The lowest BCUT2D eigenvalue weighted by Crippen LogP contribution is -2.46. The molecule has 1 N–H and O–H groups in total. The van der Waals surface area contributed by atoms with E-state index in [0.717, 1.165) is 31.6 Å². The maximum atomic E-state index is 12.8. The molecule has 1 aromatic rings. The molecular formula is C17H23N3O. The van der Waals surface area contributed by atoms with Crippen LogP contribution >= 0.6 is 0 Å². The fourth-order valence-corrected chi connectivity index (χ4v) is 4.18. The van der Waals surface area contributed by atoms with Crippen molar-refractivity contribution in [1.29, 1.82) is 0 Å². The first-order valence-corrected chi connectivity index (χ1v) is 8.07. The van der Waals surface area contributed by atoms with E-state index in [1.807, 2.05) is 12.1 Å². The van der Waals surface area contributed by atoms with Gasteiger partial charge < -0.3 is 10.2 Å². The highest BCUT2D eigenvalue weighted by atomic mass is 16.2. The summed E-state index contributed by atoms with van der Waals surface area (Å²) in [5.41, 5.74) is 2.40. The molecule has 2 bridgehead atoms. The Kier molecular flexibility index (Phi) is 3.14. The van der Waals surface area contributed by atoms with Gasteiger partial charge >= 0.3 is 0 Å². The molecule has 1 aromatic carbocycles. The van der Waals surface area contributed by atoms with Gasteiger partial charge in [0.15, 0.2) is 0 Å². The second-order valence-electron chi connectivity index (χ2n) is 6.68. The Balaban J connectivity index is 1.47. The standard InChI is InChI=1S/C17H23N3O/c1-19-13-6-7-14(19)11-20(9-8-13)17(21)16-10-12-4-2-3-5-15(12)18-16/h2-5,13-14,16,18H,6-11H2,1H3. The number of fused-ring (bicyclic) bond motifs is 3. The van der Waals surface area contributed by atoms with Gasteiger partial charge in [-0.25, -0.2) is 0 Å². The summed E-state index contributed by atoms with van der Waals surface area (Å²) in [6.45, 7) is 1.82. The highest BCUT2D eigenvalue weighted by Crippen LogP contribution is 2.30. The molecule has 3 aliphatic rings. The van der Waals surface area contributed by atoms with Gasteiger partial charge in [0.2, 0.25) is 5.91 Å². The van der Waals surface area contributed by atoms with Crippen molar-refractivity contribution < 1.29 is 4.79 Å². The molecule has 3 aliphatic heterocycles. The molecule has 0 saturated carbocycles. The Morgan fingerprint density at radius 1 is 1.19 bits per heavy atom. The number of carbonyl (C=O) groups is 1. The highest BCUT2D eigenvalue weighted by molar-refractivity contribution is 5.87. The van der Waals surface area contributed by atoms with E-state index in [2.05, 4.69) is 34.3 Å². The number of likely N-dealkylation sites (tertiary alicyclic amines) is 1. The van der Waals surface area contributed by atoms with Crippen LogP contribution in [0.1, 0.15) is 24.8 Å². The number of likely N-dealkylation sites (N-methyl/N-ethyl adjacent to an activating group) is 1. The molecule has 21 heavy (non-hydrogen) atoms. The molecule has 3 heterocycles. The van der Waals surface area contributed by atoms with E-state index in [4.69, 9.17) is 0 Å². The third-order valence-corrected chi connectivity index (χ3v) is 5.53. The molecule has 4 rings (SSSR count). The largest absolute Gasteiger partial charge is 0.373 e. The van der Waals surface area contributed by atoms with Gasteiger partial charge in [-0.2, -0.15) is 0 Å². The highest BCUT2D eigenvalue weighted by Gasteiger charge is 2.38. The molecule has 2 saturated heterocycles.